The van der Waals surface area contributed by atoms with Crippen molar-refractivity contribution in [2.45, 2.75) is 52.3 Å². The van der Waals surface area contributed by atoms with Crippen molar-refractivity contribution in [3.05, 3.63) is 76.8 Å². The van der Waals surface area contributed by atoms with Crippen molar-refractivity contribution in [1.82, 2.24) is 14.9 Å². The first kappa shape index (κ1) is 25.0. The third-order valence-corrected chi connectivity index (χ3v) is 7.48. The lowest BCUT2D eigenvalue weighted by Crippen LogP contribution is -2.38. The fraction of sp³-hybridized carbons (Fsp3) is 0.310. The van der Waals surface area contributed by atoms with Crippen molar-refractivity contribution >= 4 is 39.2 Å². The number of ether oxygens (including phenoxy) is 1. The van der Waals surface area contributed by atoms with E-state index in [9.17, 15) is 9.59 Å². The summed E-state index contributed by atoms with van der Waals surface area (Å²) < 4.78 is 5.86. The Morgan fingerprint density at radius 2 is 1.84 bits per heavy atom. The number of rotatable bonds is 7. The van der Waals surface area contributed by atoms with Crippen molar-refractivity contribution in [3.8, 4) is 11.3 Å². The van der Waals surface area contributed by atoms with E-state index in [2.05, 4.69) is 29.0 Å². The highest BCUT2D eigenvalue weighted by atomic mass is 32.1. The predicted octanol–water partition coefficient (Wildman–Crippen LogP) is 5.70. The van der Waals surface area contributed by atoms with E-state index in [0.29, 0.717) is 29.7 Å². The van der Waals surface area contributed by atoms with Gasteiger partial charge in [-0.15, -0.1) is 11.3 Å². The molecule has 1 unspecified atom stereocenters. The smallest absolute Gasteiger partial charge is 0.340 e. The molecule has 2 aromatic carbocycles. The number of amides is 1. The summed E-state index contributed by atoms with van der Waals surface area (Å²) in [5, 5.41) is 5.95. The molecular weight excluding hydrogens is 484 g/mol. The number of carbonyl (C=O) groups is 2. The minimum Gasteiger partial charge on any atom is -0.449 e. The van der Waals surface area contributed by atoms with Crippen molar-refractivity contribution in [1.29, 1.82) is 0 Å². The van der Waals surface area contributed by atoms with Gasteiger partial charge in [-0.3, -0.25) is 20.0 Å². The molecule has 0 saturated carbocycles. The number of nitrogens with zero attached hydrogens (tertiary/aromatic N) is 3. The summed E-state index contributed by atoms with van der Waals surface area (Å²) in [5.41, 5.74) is 4.86. The Kier molecular flexibility index (Phi) is 7.30. The van der Waals surface area contributed by atoms with Crippen LogP contribution in [0.25, 0.3) is 22.2 Å². The molecule has 7 nitrogen and oxygen atoms in total. The Morgan fingerprint density at radius 1 is 1.08 bits per heavy atom. The molecule has 4 aromatic rings. The molecular formula is C29H30N4O3S. The number of esters is 1. The van der Waals surface area contributed by atoms with E-state index in [4.69, 9.17) is 9.72 Å². The van der Waals surface area contributed by atoms with Crippen LogP contribution in [-0.2, 0) is 22.5 Å². The number of fused-ring (bicyclic) bond motifs is 2. The van der Waals surface area contributed by atoms with Crippen LogP contribution in [0.3, 0.4) is 0 Å². The zero-order valence-corrected chi connectivity index (χ0v) is 22.0. The maximum absolute atomic E-state index is 13.7. The highest BCUT2D eigenvalue weighted by Crippen LogP contribution is 2.30. The summed E-state index contributed by atoms with van der Waals surface area (Å²) in [7, 11) is 0. The Bertz CT molecular complexity index is 1430. The number of aromatic nitrogens is 2. The number of pyridine rings is 1. The topological polar surface area (TPSA) is 84.4 Å². The first-order chi connectivity index (χ1) is 17.9. The molecule has 1 atom stereocenters. The van der Waals surface area contributed by atoms with E-state index in [1.807, 2.05) is 66.9 Å². The average Bonchev–Trinajstić information content (AvgIpc) is 3.38. The molecule has 0 fully saturated rings. The van der Waals surface area contributed by atoms with Crippen molar-refractivity contribution in [3.63, 3.8) is 0 Å². The Morgan fingerprint density at radius 3 is 2.59 bits per heavy atom. The second kappa shape index (κ2) is 10.8. The van der Waals surface area contributed by atoms with Crippen LogP contribution in [0.2, 0.25) is 0 Å². The minimum absolute atomic E-state index is 0.344. The molecule has 0 bridgehead atoms. The van der Waals surface area contributed by atoms with Crippen LogP contribution in [0, 0.1) is 0 Å². The number of thiazole rings is 1. The van der Waals surface area contributed by atoms with Crippen LogP contribution in [0.5, 0.6) is 0 Å². The molecule has 0 radical (unpaired) electrons. The first-order valence-electron chi connectivity index (χ1n) is 12.6. The van der Waals surface area contributed by atoms with Crippen molar-refractivity contribution in [2.75, 3.05) is 11.9 Å². The van der Waals surface area contributed by atoms with Crippen LogP contribution in [0.4, 0.5) is 5.13 Å². The second-order valence-electron chi connectivity index (χ2n) is 9.44. The van der Waals surface area contributed by atoms with E-state index in [0.717, 1.165) is 46.4 Å². The lowest BCUT2D eigenvalue weighted by Gasteiger charge is -2.32. The SMILES string of the molecule is CCC(OC(=O)c1c2c(nc3ccccc13)CCN(C(C)C)C2)C(=O)Nc1nc(-c2ccccc2)cs1. The third kappa shape index (κ3) is 5.26. The summed E-state index contributed by atoms with van der Waals surface area (Å²) in [6.07, 6.45) is 0.172. The van der Waals surface area contributed by atoms with Crippen LogP contribution in [0.1, 0.15) is 48.8 Å². The van der Waals surface area contributed by atoms with Gasteiger partial charge in [-0.1, -0.05) is 55.5 Å². The van der Waals surface area contributed by atoms with Gasteiger partial charge in [-0.2, -0.15) is 0 Å². The van der Waals surface area contributed by atoms with Crippen LogP contribution >= 0.6 is 11.3 Å². The second-order valence-corrected chi connectivity index (χ2v) is 10.3. The minimum atomic E-state index is -0.941. The Balaban J connectivity index is 1.39. The molecule has 5 rings (SSSR count). The molecule has 1 aliphatic heterocycles. The summed E-state index contributed by atoms with van der Waals surface area (Å²) >= 11 is 1.34. The summed E-state index contributed by atoms with van der Waals surface area (Å²) in [6.45, 7) is 7.64. The molecule has 2 aromatic heterocycles. The summed E-state index contributed by atoms with van der Waals surface area (Å²) in [5.74, 6) is -0.882. The molecule has 37 heavy (non-hydrogen) atoms. The normalized spacial score (nSPS) is 14.4. The number of para-hydroxylation sites is 1. The van der Waals surface area contributed by atoms with E-state index in [1.165, 1.54) is 11.3 Å². The van der Waals surface area contributed by atoms with Gasteiger partial charge >= 0.3 is 5.97 Å². The third-order valence-electron chi connectivity index (χ3n) is 6.73. The monoisotopic (exact) mass is 514 g/mol. The number of nitrogens with one attached hydrogen (secondary N) is 1. The number of hydrogen-bond donors (Lipinski definition) is 1. The van der Waals surface area contributed by atoms with Gasteiger partial charge in [0.15, 0.2) is 11.2 Å². The van der Waals surface area contributed by atoms with Gasteiger partial charge in [0.25, 0.3) is 5.91 Å². The van der Waals surface area contributed by atoms with Crippen LogP contribution < -0.4 is 5.32 Å². The molecule has 0 aliphatic carbocycles. The molecule has 3 heterocycles. The maximum Gasteiger partial charge on any atom is 0.340 e. The first-order valence-corrected chi connectivity index (χ1v) is 13.5. The van der Waals surface area contributed by atoms with Gasteiger partial charge in [0, 0.05) is 53.1 Å². The zero-order chi connectivity index (χ0) is 25.9. The Hall–Kier alpha value is -3.62. The van der Waals surface area contributed by atoms with Gasteiger partial charge < -0.3 is 4.74 Å². The number of anilines is 1. The summed E-state index contributed by atoms with van der Waals surface area (Å²) in [4.78, 5) is 38.5. The Labute approximate surface area is 220 Å². The molecule has 1 aliphatic rings. The molecule has 0 saturated heterocycles. The van der Waals surface area contributed by atoms with Crippen molar-refractivity contribution in [2.24, 2.45) is 0 Å². The predicted molar refractivity (Wildman–Crippen MR) is 147 cm³/mol. The van der Waals surface area contributed by atoms with Gasteiger partial charge in [-0.05, 0) is 26.3 Å². The van der Waals surface area contributed by atoms with E-state index >= 15 is 0 Å². The fourth-order valence-electron chi connectivity index (χ4n) is 4.65. The highest BCUT2D eigenvalue weighted by molar-refractivity contribution is 7.14. The van der Waals surface area contributed by atoms with E-state index in [-0.39, 0.29) is 5.91 Å². The quantitative estimate of drug-likeness (QED) is 0.319. The largest absolute Gasteiger partial charge is 0.449 e. The van der Waals surface area contributed by atoms with Gasteiger partial charge in [-0.25, -0.2) is 9.78 Å². The van der Waals surface area contributed by atoms with Crippen molar-refractivity contribution < 1.29 is 14.3 Å². The van der Waals surface area contributed by atoms with E-state index < -0.39 is 12.1 Å². The number of benzene rings is 2. The lowest BCUT2D eigenvalue weighted by atomic mass is 9.95. The molecule has 1 amide bonds. The molecule has 190 valence electrons. The van der Waals surface area contributed by atoms with Crippen LogP contribution in [0.15, 0.2) is 60.0 Å². The van der Waals surface area contributed by atoms with Gasteiger partial charge in [0.1, 0.15) is 0 Å². The van der Waals surface area contributed by atoms with E-state index in [1.54, 1.807) is 0 Å². The van der Waals surface area contributed by atoms with Gasteiger partial charge in [0.05, 0.1) is 16.8 Å². The maximum atomic E-state index is 13.7. The lowest BCUT2D eigenvalue weighted by molar-refractivity contribution is -0.124. The molecule has 1 N–H and O–H groups in total. The van der Waals surface area contributed by atoms with Gasteiger partial charge in [0.2, 0.25) is 0 Å². The zero-order valence-electron chi connectivity index (χ0n) is 21.2. The standard InChI is InChI=1S/C29H30N4O3S/c1-4-25(27(34)32-29-31-24(17-37-29)19-10-6-5-7-11-19)36-28(35)26-20-12-8-9-13-22(20)30-23-14-15-33(18(2)3)16-21(23)26/h5-13,17-18,25H,4,14-16H2,1-3H3,(H,31,32,34). The fourth-order valence-corrected chi connectivity index (χ4v) is 5.38. The number of hydrogen-bond acceptors (Lipinski definition) is 7. The highest BCUT2D eigenvalue weighted by Gasteiger charge is 2.30. The molecule has 8 heteroatoms. The number of carbonyl (C=O) groups excluding carboxylic acids is 2. The van der Waals surface area contributed by atoms with Crippen LogP contribution in [-0.4, -0.2) is 45.4 Å². The molecule has 0 spiro atoms. The average molecular weight is 515 g/mol. The summed E-state index contributed by atoms with van der Waals surface area (Å²) in [6, 6.07) is 17.7.